The van der Waals surface area contributed by atoms with Crippen LogP contribution in [0.15, 0.2) is 82.6 Å². The molecule has 4 aromatic rings. The topological polar surface area (TPSA) is 48.3 Å². The highest BCUT2D eigenvalue weighted by Crippen LogP contribution is 2.42. The lowest BCUT2D eigenvalue weighted by atomic mass is 9.92. The molecule has 0 spiro atoms. The van der Waals surface area contributed by atoms with E-state index in [1.54, 1.807) is 30.3 Å². The molecule has 0 bridgehead atoms. The number of benzene rings is 3. The Morgan fingerprint density at radius 1 is 0.952 bits per heavy atom. The smallest absolute Gasteiger partial charge is 0.406 e. The average Bonchev–Trinajstić information content (AvgIpc) is 3.36. The predicted molar refractivity (Wildman–Crippen MR) is 142 cm³/mol. The van der Waals surface area contributed by atoms with Crippen LogP contribution in [0.25, 0.3) is 11.1 Å². The zero-order valence-corrected chi connectivity index (χ0v) is 22.5. The van der Waals surface area contributed by atoms with E-state index in [-0.39, 0.29) is 33.0 Å². The van der Waals surface area contributed by atoms with E-state index in [1.807, 2.05) is 0 Å². The van der Waals surface area contributed by atoms with Gasteiger partial charge >= 0.3 is 12.5 Å². The number of halogens is 7. The van der Waals surface area contributed by atoms with E-state index in [0.29, 0.717) is 5.56 Å². The molecule has 0 saturated heterocycles. The lowest BCUT2D eigenvalue weighted by Crippen LogP contribution is -2.31. The van der Waals surface area contributed by atoms with E-state index in [0.717, 1.165) is 46.7 Å². The molecule has 0 saturated carbocycles. The number of thioether (sulfide) groups is 1. The molecule has 2 heterocycles. The molecule has 1 aromatic heterocycles. The molecule has 1 unspecified atom stereocenters. The molecular weight excluding hydrogens is 587 g/mol. The number of hydrogen-bond donors (Lipinski definition) is 0. The van der Waals surface area contributed by atoms with Gasteiger partial charge in [0.2, 0.25) is 0 Å². The summed E-state index contributed by atoms with van der Waals surface area (Å²) in [5.74, 6) is -2.10. The highest BCUT2D eigenvalue weighted by atomic mass is 32.2. The van der Waals surface area contributed by atoms with Crippen LogP contribution in [-0.2, 0) is 12.6 Å². The number of hydrogen-bond acceptors (Lipinski definition) is 4. The quantitative estimate of drug-likeness (QED) is 0.165. The third kappa shape index (κ3) is 5.67. The molecule has 0 aliphatic carbocycles. The number of carbonyl (C=O) groups is 1. The molecule has 0 radical (unpaired) electrons. The number of ketones is 1. The number of alkyl halides is 6. The lowest BCUT2D eigenvalue weighted by Gasteiger charge is -2.21. The predicted octanol–water partition coefficient (Wildman–Crippen LogP) is 8.00. The van der Waals surface area contributed by atoms with Crippen LogP contribution in [0.4, 0.5) is 30.7 Å². The molecule has 4 nitrogen and oxygen atoms in total. The van der Waals surface area contributed by atoms with Gasteiger partial charge in [-0.15, -0.1) is 24.9 Å². The van der Waals surface area contributed by atoms with Crippen molar-refractivity contribution in [3.63, 3.8) is 0 Å². The second kappa shape index (κ2) is 11.0. The molecule has 218 valence electrons. The van der Waals surface area contributed by atoms with Crippen LogP contribution in [0, 0.1) is 12.7 Å². The van der Waals surface area contributed by atoms with E-state index < -0.39 is 59.0 Å². The van der Waals surface area contributed by atoms with E-state index in [2.05, 4.69) is 4.74 Å². The first-order chi connectivity index (χ1) is 19.8. The number of pyridine rings is 1. The van der Waals surface area contributed by atoms with Gasteiger partial charge in [-0.05, 0) is 47.9 Å². The third-order valence-corrected chi connectivity index (χ3v) is 8.12. The Balaban J connectivity index is 1.75. The fourth-order valence-electron chi connectivity index (χ4n) is 5.07. The molecule has 0 amide bonds. The number of ether oxygens (including phenoxy) is 1. The van der Waals surface area contributed by atoms with Crippen molar-refractivity contribution >= 4 is 17.5 Å². The number of carbonyl (C=O) groups excluding carboxylic acids is 1. The summed E-state index contributed by atoms with van der Waals surface area (Å²) in [4.78, 5) is 27.5. The van der Waals surface area contributed by atoms with Gasteiger partial charge in [0.1, 0.15) is 17.6 Å². The maximum atomic E-state index is 14.9. The average molecular weight is 608 g/mol. The van der Waals surface area contributed by atoms with Gasteiger partial charge in [0, 0.05) is 23.3 Å². The number of nitrogens with zero attached hydrogens (tertiary/aromatic N) is 1. The van der Waals surface area contributed by atoms with E-state index in [4.69, 9.17) is 0 Å². The fraction of sp³-hybridized carbons (Fsp3) is 0.200. The summed E-state index contributed by atoms with van der Waals surface area (Å²) in [7, 11) is 0. The minimum Gasteiger partial charge on any atom is -0.406 e. The Morgan fingerprint density at radius 2 is 1.64 bits per heavy atom. The maximum absolute atomic E-state index is 14.9. The number of fused-ring (bicyclic) bond motifs is 1. The van der Waals surface area contributed by atoms with Crippen molar-refractivity contribution in [2.24, 2.45) is 0 Å². The van der Waals surface area contributed by atoms with Crippen LogP contribution in [0.5, 0.6) is 5.75 Å². The van der Waals surface area contributed by atoms with Gasteiger partial charge in [-0.2, -0.15) is 13.2 Å². The normalized spacial score (nSPS) is 15.0. The number of aromatic nitrogens is 1. The largest absolute Gasteiger partial charge is 0.573 e. The summed E-state index contributed by atoms with van der Waals surface area (Å²) in [5.41, 5.74) is -2.15. The van der Waals surface area contributed by atoms with Crippen molar-refractivity contribution in [3.8, 4) is 16.9 Å². The van der Waals surface area contributed by atoms with Crippen molar-refractivity contribution in [1.82, 2.24) is 4.57 Å². The Labute approximate surface area is 238 Å². The van der Waals surface area contributed by atoms with Crippen LogP contribution in [0.2, 0.25) is 0 Å². The zero-order chi connectivity index (χ0) is 30.4. The minimum atomic E-state index is -5.02. The Morgan fingerprint density at radius 3 is 2.31 bits per heavy atom. The minimum absolute atomic E-state index is 0.0109. The monoisotopic (exact) mass is 607 g/mol. The van der Waals surface area contributed by atoms with Gasteiger partial charge in [-0.25, -0.2) is 4.39 Å². The molecule has 0 N–H and O–H groups in total. The van der Waals surface area contributed by atoms with Crippen molar-refractivity contribution in [1.29, 1.82) is 0 Å². The molecule has 1 atom stereocenters. The van der Waals surface area contributed by atoms with Crippen LogP contribution in [-0.4, -0.2) is 22.5 Å². The fourth-order valence-corrected chi connectivity index (χ4v) is 6.43. The van der Waals surface area contributed by atoms with Gasteiger partial charge in [0.05, 0.1) is 16.2 Å². The first kappa shape index (κ1) is 29.4. The van der Waals surface area contributed by atoms with Gasteiger partial charge in [-0.1, -0.05) is 48.5 Å². The summed E-state index contributed by atoms with van der Waals surface area (Å²) >= 11 is 1.07. The van der Waals surface area contributed by atoms with Crippen molar-refractivity contribution < 1.29 is 40.3 Å². The summed E-state index contributed by atoms with van der Waals surface area (Å²) < 4.78 is 101. The Kier molecular flexibility index (Phi) is 7.69. The summed E-state index contributed by atoms with van der Waals surface area (Å²) in [6.07, 6.45) is -10.5. The van der Waals surface area contributed by atoms with Crippen molar-refractivity contribution in [3.05, 3.63) is 117 Å². The van der Waals surface area contributed by atoms with Crippen molar-refractivity contribution in [2.45, 2.75) is 37.0 Å². The maximum Gasteiger partial charge on any atom is 0.573 e. The van der Waals surface area contributed by atoms with Gasteiger partial charge < -0.3 is 4.74 Å². The second-order valence-corrected chi connectivity index (χ2v) is 10.5. The molecule has 0 fully saturated rings. The standard InChI is InChI=1S/C30H20F7NO3S/c1-16-20(14-21-22(29(32,33)34)11-6-12-23(21)31)28-38(24(15-42-28)26(39)17-7-3-2-4-8-17)27(40)25(16)18-9-5-10-19(13-18)41-30(35,36)37/h2-13,24H,14-15H2,1H3. The molecular formula is C30H20F7NO3S. The van der Waals surface area contributed by atoms with Crippen LogP contribution < -0.4 is 10.3 Å². The van der Waals surface area contributed by atoms with Gasteiger partial charge in [0.15, 0.2) is 5.78 Å². The van der Waals surface area contributed by atoms with E-state index >= 15 is 0 Å². The molecule has 5 rings (SSSR count). The zero-order valence-electron chi connectivity index (χ0n) is 21.6. The SMILES string of the molecule is Cc1c(Cc2c(F)cccc2C(F)(F)F)c2n(c(=O)c1-c1cccc(OC(F)(F)F)c1)C(C(=O)c1ccccc1)CS2. The number of rotatable bonds is 6. The Hall–Kier alpha value is -4.06. The van der Waals surface area contributed by atoms with E-state index in [1.165, 1.54) is 19.1 Å². The molecule has 42 heavy (non-hydrogen) atoms. The molecule has 12 heteroatoms. The van der Waals surface area contributed by atoms with Gasteiger partial charge in [-0.3, -0.25) is 14.2 Å². The highest BCUT2D eigenvalue weighted by molar-refractivity contribution is 7.99. The summed E-state index contributed by atoms with van der Waals surface area (Å²) in [6, 6.07) is 14.2. The second-order valence-electron chi connectivity index (χ2n) is 9.53. The summed E-state index contributed by atoms with van der Waals surface area (Å²) in [6.45, 7) is 1.44. The first-order valence-corrected chi connectivity index (χ1v) is 13.5. The number of Topliss-reactive ketones (excluding diaryl/α,β-unsaturated/α-hetero) is 1. The molecule has 1 aliphatic heterocycles. The molecule has 3 aromatic carbocycles. The Bertz CT molecular complexity index is 1730. The van der Waals surface area contributed by atoms with Crippen molar-refractivity contribution in [2.75, 3.05) is 5.75 Å². The summed E-state index contributed by atoms with van der Waals surface area (Å²) in [5, 5.41) is 0.189. The first-order valence-electron chi connectivity index (χ1n) is 12.5. The molecule has 1 aliphatic rings. The lowest BCUT2D eigenvalue weighted by molar-refractivity contribution is -0.274. The van der Waals surface area contributed by atoms with Gasteiger partial charge in [0.25, 0.3) is 5.56 Å². The highest BCUT2D eigenvalue weighted by Gasteiger charge is 2.38. The third-order valence-electron chi connectivity index (χ3n) is 6.92. The van der Waals surface area contributed by atoms with Crippen LogP contribution in [0.1, 0.15) is 38.7 Å². The van der Waals surface area contributed by atoms with Crippen LogP contribution >= 0.6 is 11.8 Å². The van der Waals surface area contributed by atoms with Crippen LogP contribution in [0.3, 0.4) is 0 Å². The van der Waals surface area contributed by atoms with E-state index in [9.17, 15) is 40.3 Å².